The monoisotopic (exact) mass is 311 g/mol. The number of benzene rings is 1. The third kappa shape index (κ3) is 3.36. The van der Waals surface area contributed by atoms with Crippen molar-refractivity contribution in [2.45, 2.75) is 19.8 Å². The van der Waals surface area contributed by atoms with Gasteiger partial charge in [0.2, 0.25) is 10.0 Å². The van der Waals surface area contributed by atoms with Crippen molar-refractivity contribution in [1.29, 1.82) is 0 Å². The zero-order chi connectivity index (χ0) is 15.6. The molecular formula is C14H21N3O3S. The van der Waals surface area contributed by atoms with Crippen molar-refractivity contribution in [2.75, 3.05) is 12.3 Å². The lowest BCUT2D eigenvalue weighted by Gasteiger charge is -2.06. The maximum absolute atomic E-state index is 11.9. The summed E-state index contributed by atoms with van der Waals surface area (Å²) in [6.45, 7) is 2.21. The number of nitrogens with zero attached hydrogens (tertiary/aromatic N) is 2. The van der Waals surface area contributed by atoms with Crippen molar-refractivity contribution in [3.05, 3.63) is 34.2 Å². The molecule has 0 unspecified atom stereocenters. The molecule has 0 fully saturated rings. The molecule has 1 N–H and O–H groups in total. The lowest BCUT2D eigenvalue weighted by Crippen LogP contribution is -2.28. The van der Waals surface area contributed by atoms with Gasteiger partial charge in [0.05, 0.1) is 16.8 Å². The minimum Gasteiger partial charge on any atom is -0.295 e. The van der Waals surface area contributed by atoms with Gasteiger partial charge in [-0.05, 0) is 30.5 Å². The first-order valence-electron chi connectivity index (χ1n) is 6.97. The van der Waals surface area contributed by atoms with Crippen molar-refractivity contribution < 1.29 is 8.42 Å². The van der Waals surface area contributed by atoms with Gasteiger partial charge in [-0.3, -0.25) is 9.13 Å². The molecule has 1 aromatic carbocycles. The highest BCUT2D eigenvalue weighted by Crippen LogP contribution is 2.14. The second-order valence-corrected chi connectivity index (χ2v) is 7.11. The summed E-state index contributed by atoms with van der Waals surface area (Å²) in [5.41, 5.74) is 2.67. The van der Waals surface area contributed by atoms with Crippen LogP contribution in [-0.2, 0) is 30.5 Å². The normalized spacial score (nSPS) is 12.1. The smallest absolute Gasteiger partial charge is 0.295 e. The number of hydrogen-bond acceptors (Lipinski definition) is 3. The van der Waals surface area contributed by atoms with Gasteiger partial charge in [0.1, 0.15) is 0 Å². The molecule has 0 aliphatic carbocycles. The van der Waals surface area contributed by atoms with Crippen molar-refractivity contribution >= 4 is 21.1 Å². The van der Waals surface area contributed by atoms with Gasteiger partial charge < -0.3 is 0 Å². The van der Waals surface area contributed by atoms with Crippen molar-refractivity contribution in [2.24, 2.45) is 14.1 Å². The summed E-state index contributed by atoms with van der Waals surface area (Å²) < 4.78 is 28.9. The molecule has 2 aromatic rings. The Balaban J connectivity index is 2.14. The van der Waals surface area contributed by atoms with E-state index in [1.54, 1.807) is 23.2 Å². The number of rotatable bonds is 6. The van der Waals surface area contributed by atoms with E-state index in [-0.39, 0.29) is 11.4 Å². The number of aromatic nitrogens is 2. The first-order chi connectivity index (χ1) is 9.85. The van der Waals surface area contributed by atoms with E-state index in [0.717, 1.165) is 16.6 Å². The van der Waals surface area contributed by atoms with Crippen LogP contribution in [0.4, 0.5) is 0 Å². The summed E-state index contributed by atoms with van der Waals surface area (Å²) >= 11 is 0. The molecular weight excluding hydrogens is 290 g/mol. The van der Waals surface area contributed by atoms with Gasteiger partial charge in [-0.2, -0.15) is 0 Å². The molecule has 7 heteroatoms. The van der Waals surface area contributed by atoms with Crippen LogP contribution < -0.4 is 10.4 Å². The van der Waals surface area contributed by atoms with Crippen LogP contribution >= 0.6 is 0 Å². The first kappa shape index (κ1) is 15.8. The fraction of sp³-hybridized carbons (Fsp3) is 0.500. The summed E-state index contributed by atoms with van der Waals surface area (Å²) in [4.78, 5) is 11.9. The van der Waals surface area contributed by atoms with E-state index in [0.29, 0.717) is 19.4 Å². The van der Waals surface area contributed by atoms with Crippen LogP contribution in [0.3, 0.4) is 0 Å². The van der Waals surface area contributed by atoms with E-state index in [9.17, 15) is 13.2 Å². The number of sulfonamides is 1. The predicted molar refractivity (Wildman–Crippen MR) is 83.9 cm³/mol. The average Bonchev–Trinajstić information content (AvgIpc) is 2.63. The van der Waals surface area contributed by atoms with Crippen LogP contribution in [0.1, 0.15) is 18.9 Å². The topological polar surface area (TPSA) is 73.1 Å². The molecule has 0 atom stereocenters. The molecule has 21 heavy (non-hydrogen) atoms. The first-order valence-corrected chi connectivity index (χ1v) is 8.62. The number of aryl methyl sites for hydroxylation is 2. The molecule has 1 aromatic heterocycles. The van der Waals surface area contributed by atoms with E-state index in [4.69, 9.17) is 0 Å². The van der Waals surface area contributed by atoms with E-state index in [1.807, 2.05) is 25.1 Å². The SMILES string of the molecule is CCCS(=O)(=O)NCCc1ccc2c(c1)n(C)c(=O)n2C. The third-order valence-corrected chi connectivity index (χ3v) is 5.13. The van der Waals surface area contributed by atoms with Crippen LogP contribution in [0.15, 0.2) is 23.0 Å². The maximum Gasteiger partial charge on any atom is 0.328 e. The average molecular weight is 311 g/mol. The number of hydrogen-bond donors (Lipinski definition) is 1. The Bertz CT molecular complexity index is 803. The molecule has 0 aliphatic rings. The molecule has 116 valence electrons. The van der Waals surface area contributed by atoms with Crippen molar-refractivity contribution in [3.63, 3.8) is 0 Å². The highest BCUT2D eigenvalue weighted by atomic mass is 32.2. The van der Waals surface area contributed by atoms with E-state index in [2.05, 4.69) is 4.72 Å². The summed E-state index contributed by atoms with van der Waals surface area (Å²) in [7, 11) is 0.309. The lowest BCUT2D eigenvalue weighted by molar-refractivity contribution is 0.580. The van der Waals surface area contributed by atoms with Crippen LogP contribution in [0.25, 0.3) is 11.0 Å². The zero-order valence-corrected chi connectivity index (χ0v) is 13.4. The van der Waals surface area contributed by atoms with Gasteiger partial charge in [-0.25, -0.2) is 17.9 Å². The standard InChI is InChI=1S/C14H21N3O3S/c1-4-9-21(19,20)15-8-7-11-5-6-12-13(10-11)17(3)14(18)16(12)2/h5-6,10,15H,4,7-9H2,1-3H3. The molecule has 0 spiro atoms. The molecule has 0 bridgehead atoms. The third-order valence-electron chi connectivity index (χ3n) is 3.54. The molecule has 1 heterocycles. The van der Waals surface area contributed by atoms with Crippen molar-refractivity contribution in [3.8, 4) is 0 Å². The van der Waals surface area contributed by atoms with Crippen LogP contribution in [0, 0.1) is 0 Å². The minimum atomic E-state index is -3.16. The largest absolute Gasteiger partial charge is 0.328 e. The van der Waals surface area contributed by atoms with Gasteiger partial charge in [-0.15, -0.1) is 0 Å². The summed E-state index contributed by atoms with van der Waals surface area (Å²) in [6, 6.07) is 5.76. The highest BCUT2D eigenvalue weighted by Gasteiger charge is 2.10. The van der Waals surface area contributed by atoms with E-state index in [1.165, 1.54) is 0 Å². The fourth-order valence-corrected chi connectivity index (χ4v) is 3.49. The summed E-state index contributed by atoms with van der Waals surface area (Å²) in [5.74, 6) is 0.152. The Kier molecular flexibility index (Phi) is 4.53. The van der Waals surface area contributed by atoms with Gasteiger partial charge in [0.15, 0.2) is 0 Å². The second kappa shape index (κ2) is 6.03. The Morgan fingerprint density at radius 2 is 1.81 bits per heavy atom. The molecule has 0 amide bonds. The molecule has 6 nitrogen and oxygen atoms in total. The molecule has 0 saturated heterocycles. The van der Waals surface area contributed by atoms with E-state index < -0.39 is 10.0 Å². The highest BCUT2D eigenvalue weighted by molar-refractivity contribution is 7.89. The Morgan fingerprint density at radius 1 is 1.14 bits per heavy atom. The van der Waals surface area contributed by atoms with Crippen LogP contribution in [0.2, 0.25) is 0 Å². The second-order valence-electron chi connectivity index (χ2n) is 5.19. The number of imidazole rings is 1. The Labute approximate surface area is 124 Å². The van der Waals surface area contributed by atoms with Gasteiger partial charge >= 0.3 is 5.69 Å². The zero-order valence-electron chi connectivity index (χ0n) is 12.6. The van der Waals surface area contributed by atoms with E-state index >= 15 is 0 Å². The Morgan fingerprint density at radius 3 is 2.48 bits per heavy atom. The van der Waals surface area contributed by atoms with Gasteiger partial charge in [-0.1, -0.05) is 13.0 Å². The van der Waals surface area contributed by atoms with Crippen LogP contribution in [0.5, 0.6) is 0 Å². The summed E-state index contributed by atoms with van der Waals surface area (Å²) in [5, 5.41) is 0. The fourth-order valence-electron chi connectivity index (χ4n) is 2.40. The Hall–Kier alpha value is -1.60. The van der Waals surface area contributed by atoms with Crippen molar-refractivity contribution in [1.82, 2.24) is 13.9 Å². The summed E-state index contributed by atoms with van der Waals surface area (Å²) in [6.07, 6.45) is 1.20. The van der Waals surface area contributed by atoms with Gasteiger partial charge in [0, 0.05) is 20.6 Å². The molecule has 2 rings (SSSR count). The number of fused-ring (bicyclic) bond motifs is 1. The van der Waals surface area contributed by atoms with Gasteiger partial charge in [0.25, 0.3) is 0 Å². The maximum atomic E-state index is 11.9. The number of nitrogens with one attached hydrogen (secondary N) is 1. The minimum absolute atomic E-state index is 0.0641. The molecule has 0 radical (unpaired) electrons. The molecule has 0 aliphatic heterocycles. The van der Waals surface area contributed by atoms with Crippen LogP contribution in [-0.4, -0.2) is 29.8 Å². The molecule has 0 saturated carbocycles. The quantitative estimate of drug-likeness (QED) is 0.855. The lowest BCUT2D eigenvalue weighted by atomic mass is 10.1. The predicted octanol–water partition coefficient (Wildman–Crippen LogP) is 0.749.